The third-order valence-corrected chi connectivity index (χ3v) is 5.11. The molecule has 22 heavy (non-hydrogen) atoms. The van der Waals surface area contributed by atoms with E-state index in [9.17, 15) is 13.2 Å². The van der Waals surface area contributed by atoms with Gasteiger partial charge in [-0.05, 0) is 42.7 Å². The van der Waals surface area contributed by atoms with Crippen LogP contribution in [-0.4, -0.2) is 27.8 Å². The predicted molar refractivity (Wildman–Crippen MR) is 86.8 cm³/mol. The van der Waals surface area contributed by atoms with Crippen LogP contribution in [0, 0.1) is 0 Å². The maximum absolute atomic E-state index is 12.5. The molecule has 0 aliphatic heterocycles. The van der Waals surface area contributed by atoms with Gasteiger partial charge in [-0.25, -0.2) is 13.2 Å². The third-order valence-electron chi connectivity index (χ3n) is 2.92. The van der Waals surface area contributed by atoms with Gasteiger partial charge >= 0.3 is 5.97 Å². The molecule has 5 nitrogen and oxygen atoms in total. The summed E-state index contributed by atoms with van der Waals surface area (Å²) in [6.45, 7) is 0. The number of thioether (sulfide) groups is 1. The molecular weight excluding hydrogens is 322 g/mol. The molecule has 0 spiro atoms. The Labute approximate surface area is 133 Å². The van der Waals surface area contributed by atoms with Crippen LogP contribution in [0.3, 0.4) is 0 Å². The highest BCUT2D eigenvalue weighted by Gasteiger charge is 2.22. The van der Waals surface area contributed by atoms with Crippen molar-refractivity contribution < 1.29 is 17.9 Å². The first-order valence-electron chi connectivity index (χ1n) is 6.32. The van der Waals surface area contributed by atoms with Crippen LogP contribution in [0.15, 0.2) is 58.3 Å². The molecule has 0 aliphatic carbocycles. The fraction of sp³-hybridized carbons (Fsp3) is 0.133. The highest BCUT2D eigenvalue weighted by Crippen LogP contribution is 2.22. The predicted octanol–water partition coefficient (Wildman–Crippen LogP) is 3.00. The molecule has 0 unspecified atom stereocenters. The summed E-state index contributed by atoms with van der Waals surface area (Å²) in [5.74, 6) is -0.696. The number of nitrogens with one attached hydrogen (secondary N) is 1. The number of hydrogen-bond acceptors (Lipinski definition) is 5. The van der Waals surface area contributed by atoms with Gasteiger partial charge in [0.05, 0.1) is 12.7 Å². The summed E-state index contributed by atoms with van der Waals surface area (Å²) in [7, 11) is -2.67. The number of esters is 1. The van der Waals surface area contributed by atoms with E-state index in [0.29, 0.717) is 5.69 Å². The standard InChI is InChI=1S/C15H15NO4S2/c1-20-15(17)13-5-3-4-6-14(13)22(18,19)16-11-7-9-12(21-2)10-8-11/h3-10,16H,1-2H3. The molecule has 0 aliphatic rings. The molecule has 0 saturated carbocycles. The van der Waals surface area contributed by atoms with Crippen molar-refractivity contribution in [2.24, 2.45) is 0 Å². The Morgan fingerprint density at radius 2 is 1.73 bits per heavy atom. The lowest BCUT2D eigenvalue weighted by molar-refractivity contribution is 0.0596. The van der Waals surface area contributed by atoms with Gasteiger partial charge in [-0.15, -0.1) is 11.8 Å². The number of carbonyl (C=O) groups excluding carboxylic acids is 1. The Bertz CT molecular complexity index is 770. The van der Waals surface area contributed by atoms with E-state index in [4.69, 9.17) is 0 Å². The van der Waals surface area contributed by atoms with Crippen LogP contribution < -0.4 is 4.72 Å². The minimum atomic E-state index is -3.88. The second-order valence-electron chi connectivity index (χ2n) is 4.32. The molecule has 116 valence electrons. The first-order valence-corrected chi connectivity index (χ1v) is 9.03. The molecule has 0 radical (unpaired) electrons. The summed E-state index contributed by atoms with van der Waals surface area (Å²) >= 11 is 1.56. The highest BCUT2D eigenvalue weighted by molar-refractivity contribution is 7.98. The van der Waals surface area contributed by atoms with E-state index in [1.54, 1.807) is 36.0 Å². The SMILES string of the molecule is COC(=O)c1ccccc1S(=O)(=O)Nc1ccc(SC)cc1. The van der Waals surface area contributed by atoms with E-state index in [2.05, 4.69) is 9.46 Å². The van der Waals surface area contributed by atoms with Crippen LogP contribution in [-0.2, 0) is 14.8 Å². The maximum Gasteiger partial charge on any atom is 0.339 e. The van der Waals surface area contributed by atoms with E-state index in [1.807, 2.05) is 18.4 Å². The van der Waals surface area contributed by atoms with Crippen molar-refractivity contribution in [1.82, 2.24) is 0 Å². The minimum absolute atomic E-state index is 0.00164. The second kappa shape index (κ2) is 6.85. The van der Waals surface area contributed by atoms with Gasteiger partial charge in [-0.1, -0.05) is 12.1 Å². The van der Waals surface area contributed by atoms with E-state index in [0.717, 1.165) is 4.90 Å². The van der Waals surface area contributed by atoms with Gasteiger partial charge < -0.3 is 4.74 Å². The zero-order valence-corrected chi connectivity index (χ0v) is 13.7. The number of carbonyl (C=O) groups is 1. The zero-order chi connectivity index (χ0) is 16.2. The number of ether oxygens (including phenoxy) is 1. The fourth-order valence-electron chi connectivity index (χ4n) is 1.85. The van der Waals surface area contributed by atoms with Gasteiger partial charge in [0, 0.05) is 10.6 Å². The topological polar surface area (TPSA) is 72.5 Å². The molecule has 0 aromatic heterocycles. The van der Waals surface area contributed by atoms with Crippen molar-refractivity contribution >= 4 is 33.4 Å². The molecule has 0 fully saturated rings. The number of rotatable bonds is 5. The Morgan fingerprint density at radius 1 is 1.09 bits per heavy atom. The molecule has 0 saturated heterocycles. The zero-order valence-electron chi connectivity index (χ0n) is 12.1. The summed E-state index contributed by atoms with van der Waals surface area (Å²) in [4.78, 5) is 12.6. The molecule has 2 aromatic carbocycles. The van der Waals surface area contributed by atoms with Crippen LogP contribution in [0.4, 0.5) is 5.69 Å². The normalized spacial score (nSPS) is 11.0. The second-order valence-corrected chi connectivity index (χ2v) is 6.85. The molecule has 0 amide bonds. The Hall–Kier alpha value is -1.99. The molecule has 0 atom stereocenters. The van der Waals surface area contributed by atoms with Crippen LogP contribution in [0.5, 0.6) is 0 Å². The van der Waals surface area contributed by atoms with Gasteiger partial charge in [0.2, 0.25) is 0 Å². The lowest BCUT2D eigenvalue weighted by Crippen LogP contribution is -2.17. The average Bonchev–Trinajstić information content (AvgIpc) is 2.54. The van der Waals surface area contributed by atoms with Gasteiger partial charge in [0.1, 0.15) is 4.90 Å². The van der Waals surface area contributed by atoms with Crippen LogP contribution in [0.1, 0.15) is 10.4 Å². The van der Waals surface area contributed by atoms with Crippen molar-refractivity contribution in [3.63, 3.8) is 0 Å². The van der Waals surface area contributed by atoms with E-state index in [-0.39, 0.29) is 10.5 Å². The van der Waals surface area contributed by atoms with E-state index in [1.165, 1.54) is 19.2 Å². The van der Waals surface area contributed by atoms with Gasteiger partial charge in [0.25, 0.3) is 10.0 Å². The Kier molecular flexibility index (Phi) is 5.10. The molecule has 0 bridgehead atoms. The fourth-order valence-corrected chi connectivity index (χ4v) is 3.51. The molecular formula is C15H15NO4S2. The summed E-state index contributed by atoms with van der Waals surface area (Å²) in [6.07, 6.45) is 1.94. The first-order chi connectivity index (χ1) is 10.5. The molecule has 0 heterocycles. The van der Waals surface area contributed by atoms with Crippen LogP contribution in [0.25, 0.3) is 0 Å². The lowest BCUT2D eigenvalue weighted by Gasteiger charge is -2.11. The van der Waals surface area contributed by atoms with Gasteiger partial charge in [-0.3, -0.25) is 4.72 Å². The molecule has 2 rings (SSSR count). The summed E-state index contributed by atoms with van der Waals surface area (Å²) in [5, 5.41) is 0. The Morgan fingerprint density at radius 3 is 2.32 bits per heavy atom. The molecule has 1 N–H and O–H groups in total. The maximum atomic E-state index is 12.5. The minimum Gasteiger partial charge on any atom is -0.465 e. The number of sulfonamides is 1. The van der Waals surface area contributed by atoms with Gasteiger partial charge in [0.15, 0.2) is 0 Å². The smallest absolute Gasteiger partial charge is 0.339 e. The van der Waals surface area contributed by atoms with Crippen LogP contribution >= 0.6 is 11.8 Å². The monoisotopic (exact) mass is 337 g/mol. The summed E-state index contributed by atoms with van der Waals surface area (Å²) in [5.41, 5.74) is 0.427. The average molecular weight is 337 g/mol. The quantitative estimate of drug-likeness (QED) is 0.671. The van der Waals surface area contributed by atoms with Crippen molar-refractivity contribution in [3.8, 4) is 0 Å². The number of methoxy groups -OCH3 is 1. The molecule has 7 heteroatoms. The molecule has 2 aromatic rings. The highest BCUT2D eigenvalue weighted by atomic mass is 32.2. The van der Waals surface area contributed by atoms with Crippen molar-refractivity contribution in [1.29, 1.82) is 0 Å². The number of anilines is 1. The lowest BCUT2D eigenvalue weighted by atomic mass is 10.2. The van der Waals surface area contributed by atoms with Crippen molar-refractivity contribution in [2.75, 3.05) is 18.1 Å². The van der Waals surface area contributed by atoms with Gasteiger partial charge in [-0.2, -0.15) is 0 Å². The third kappa shape index (κ3) is 3.61. The van der Waals surface area contributed by atoms with E-state index >= 15 is 0 Å². The summed E-state index contributed by atoms with van der Waals surface area (Å²) < 4.78 is 32.0. The number of benzene rings is 2. The first kappa shape index (κ1) is 16.4. The Balaban J connectivity index is 2.36. The van der Waals surface area contributed by atoms with Crippen LogP contribution in [0.2, 0.25) is 0 Å². The van der Waals surface area contributed by atoms with E-state index < -0.39 is 16.0 Å². The summed E-state index contributed by atoms with van der Waals surface area (Å²) in [6, 6.07) is 12.9. The number of hydrogen-bond donors (Lipinski definition) is 1. The van der Waals surface area contributed by atoms with Crippen molar-refractivity contribution in [3.05, 3.63) is 54.1 Å². The largest absolute Gasteiger partial charge is 0.465 e. The van der Waals surface area contributed by atoms with Crippen molar-refractivity contribution in [2.45, 2.75) is 9.79 Å².